The molecule has 0 amide bonds. The summed E-state index contributed by atoms with van der Waals surface area (Å²) < 4.78 is 0. The molecule has 0 atom stereocenters. The molecule has 3 heteroatoms. The fraction of sp³-hybridized carbons (Fsp3) is 0.444. The summed E-state index contributed by atoms with van der Waals surface area (Å²) in [5.41, 5.74) is 1.09. The van der Waals surface area contributed by atoms with Crippen molar-refractivity contribution >= 4 is 23.2 Å². The molecule has 1 aromatic heterocycles. The first-order valence-electron chi connectivity index (χ1n) is 4.05. The molecule has 66 valence electrons. The highest BCUT2D eigenvalue weighted by Crippen LogP contribution is 2.18. The average molecular weight is 204 g/mol. The largest absolute Gasteiger partial charge is 0.224 e. The molecule has 0 unspecified atom stereocenters. The highest BCUT2D eigenvalue weighted by atomic mass is 35.5. The van der Waals surface area contributed by atoms with Crippen molar-refractivity contribution in [1.82, 2.24) is 4.98 Å². The average Bonchev–Trinajstić information content (AvgIpc) is 2.03. The Morgan fingerprint density at radius 1 is 1.33 bits per heavy atom. The minimum absolute atomic E-state index is 0.459. The summed E-state index contributed by atoms with van der Waals surface area (Å²) in [5.74, 6) is 0. The van der Waals surface area contributed by atoms with Crippen LogP contribution in [0.4, 0.5) is 0 Å². The summed E-state index contributed by atoms with van der Waals surface area (Å²) in [5, 5.41) is 0.996. The minimum Gasteiger partial charge on any atom is -0.224 e. The Kier molecular flexibility index (Phi) is 3.83. The van der Waals surface area contributed by atoms with Gasteiger partial charge in [0.2, 0.25) is 0 Å². The third kappa shape index (κ3) is 2.65. The minimum atomic E-state index is 0.459. The molecule has 1 nitrogen and oxygen atoms in total. The number of hydrogen-bond acceptors (Lipinski definition) is 1. The van der Waals surface area contributed by atoms with E-state index in [4.69, 9.17) is 23.2 Å². The van der Waals surface area contributed by atoms with Crippen LogP contribution in [0.15, 0.2) is 12.1 Å². The van der Waals surface area contributed by atoms with E-state index in [0.29, 0.717) is 10.3 Å². The topological polar surface area (TPSA) is 12.9 Å². The van der Waals surface area contributed by atoms with E-state index in [9.17, 15) is 0 Å². The van der Waals surface area contributed by atoms with Crippen LogP contribution in [0.5, 0.6) is 0 Å². The molecular weight excluding hydrogens is 193 g/mol. The predicted molar refractivity (Wildman–Crippen MR) is 52.9 cm³/mol. The van der Waals surface area contributed by atoms with E-state index in [2.05, 4.69) is 11.9 Å². The molecule has 1 aromatic rings. The molecule has 0 fully saturated rings. The maximum absolute atomic E-state index is 5.87. The summed E-state index contributed by atoms with van der Waals surface area (Å²) in [6.07, 6.45) is 3.29. The van der Waals surface area contributed by atoms with Gasteiger partial charge < -0.3 is 0 Å². The van der Waals surface area contributed by atoms with Gasteiger partial charge in [-0.3, -0.25) is 0 Å². The van der Waals surface area contributed by atoms with Crippen molar-refractivity contribution in [3.63, 3.8) is 0 Å². The smallest absolute Gasteiger partial charge is 0.134 e. The van der Waals surface area contributed by atoms with Crippen LogP contribution in [0.25, 0.3) is 0 Å². The highest BCUT2D eigenvalue weighted by molar-refractivity contribution is 6.32. The maximum Gasteiger partial charge on any atom is 0.134 e. The van der Waals surface area contributed by atoms with E-state index in [1.807, 2.05) is 6.07 Å². The van der Waals surface area contributed by atoms with Gasteiger partial charge in [-0.25, -0.2) is 4.98 Å². The Balaban J connectivity index is 2.72. The molecule has 0 spiro atoms. The first-order valence-corrected chi connectivity index (χ1v) is 4.80. The quantitative estimate of drug-likeness (QED) is 0.683. The first-order chi connectivity index (χ1) is 5.74. The lowest BCUT2D eigenvalue weighted by Gasteiger charge is -2.01. The Morgan fingerprint density at radius 2 is 2.08 bits per heavy atom. The molecular formula is C9H11Cl2N. The van der Waals surface area contributed by atoms with Crippen molar-refractivity contribution in [2.24, 2.45) is 0 Å². The molecule has 0 saturated heterocycles. The highest BCUT2D eigenvalue weighted by Gasteiger charge is 2.01. The van der Waals surface area contributed by atoms with Crippen LogP contribution >= 0.6 is 23.2 Å². The molecule has 0 aliphatic carbocycles. The van der Waals surface area contributed by atoms with Gasteiger partial charge in [0.05, 0.1) is 0 Å². The van der Waals surface area contributed by atoms with Gasteiger partial charge in [0.25, 0.3) is 0 Å². The summed E-state index contributed by atoms with van der Waals surface area (Å²) in [4.78, 5) is 3.96. The van der Waals surface area contributed by atoms with Crippen LogP contribution in [0, 0.1) is 0 Å². The summed E-state index contributed by atoms with van der Waals surface area (Å²) in [6, 6.07) is 3.71. The summed E-state index contributed by atoms with van der Waals surface area (Å²) >= 11 is 11.5. The normalized spacial score (nSPS) is 10.2. The summed E-state index contributed by atoms with van der Waals surface area (Å²) in [7, 11) is 0. The van der Waals surface area contributed by atoms with Gasteiger partial charge >= 0.3 is 0 Å². The Labute approximate surface area is 82.7 Å². The molecule has 0 aliphatic rings. The molecule has 0 aliphatic heterocycles. The molecule has 12 heavy (non-hydrogen) atoms. The number of nitrogens with zero attached hydrogens (tertiary/aromatic N) is 1. The molecule has 0 saturated carbocycles. The van der Waals surface area contributed by atoms with Crippen molar-refractivity contribution < 1.29 is 0 Å². The fourth-order valence-electron chi connectivity index (χ4n) is 0.995. The van der Waals surface area contributed by atoms with Crippen LogP contribution in [-0.4, -0.2) is 4.98 Å². The van der Waals surface area contributed by atoms with Crippen LogP contribution in [0.1, 0.15) is 25.3 Å². The SMILES string of the molecule is CCCCc1ccc(Cl)nc1Cl. The number of hydrogen-bond donors (Lipinski definition) is 0. The van der Waals surface area contributed by atoms with E-state index in [-0.39, 0.29) is 0 Å². The second-order valence-corrected chi connectivity index (χ2v) is 3.43. The standard InChI is InChI=1S/C9H11Cl2N/c1-2-3-4-7-5-6-8(10)12-9(7)11/h5-6H,2-4H2,1H3. The molecule has 0 aromatic carbocycles. The van der Waals surface area contributed by atoms with E-state index in [1.165, 1.54) is 6.42 Å². The van der Waals surface area contributed by atoms with Gasteiger partial charge in [0.15, 0.2) is 0 Å². The van der Waals surface area contributed by atoms with Gasteiger partial charge in [-0.1, -0.05) is 42.6 Å². The lowest BCUT2D eigenvalue weighted by Crippen LogP contribution is -1.88. The van der Waals surface area contributed by atoms with E-state index in [1.54, 1.807) is 6.07 Å². The van der Waals surface area contributed by atoms with E-state index >= 15 is 0 Å². The van der Waals surface area contributed by atoms with Crippen LogP contribution in [0.2, 0.25) is 10.3 Å². The number of aryl methyl sites for hydroxylation is 1. The third-order valence-corrected chi connectivity index (χ3v) is 2.23. The zero-order valence-corrected chi connectivity index (χ0v) is 8.49. The number of halogens is 2. The zero-order valence-electron chi connectivity index (χ0n) is 6.98. The van der Waals surface area contributed by atoms with Crippen molar-refractivity contribution in [3.8, 4) is 0 Å². The van der Waals surface area contributed by atoms with Gasteiger partial charge in [-0.2, -0.15) is 0 Å². The van der Waals surface area contributed by atoms with Crippen molar-refractivity contribution in [1.29, 1.82) is 0 Å². The van der Waals surface area contributed by atoms with Gasteiger partial charge in [-0.15, -0.1) is 0 Å². The molecule has 1 heterocycles. The van der Waals surface area contributed by atoms with Crippen LogP contribution in [-0.2, 0) is 6.42 Å². The Morgan fingerprint density at radius 3 is 2.67 bits per heavy atom. The van der Waals surface area contributed by atoms with Crippen LogP contribution < -0.4 is 0 Å². The first kappa shape index (κ1) is 9.82. The van der Waals surface area contributed by atoms with Gasteiger partial charge in [-0.05, 0) is 24.5 Å². The second kappa shape index (κ2) is 4.68. The third-order valence-electron chi connectivity index (χ3n) is 1.69. The lowest BCUT2D eigenvalue weighted by molar-refractivity contribution is 0.792. The van der Waals surface area contributed by atoms with E-state index in [0.717, 1.165) is 18.4 Å². The number of pyridine rings is 1. The molecule has 1 rings (SSSR count). The number of unbranched alkanes of at least 4 members (excludes halogenated alkanes) is 1. The number of rotatable bonds is 3. The fourth-order valence-corrected chi connectivity index (χ4v) is 1.43. The Bertz CT molecular complexity index is 261. The van der Waals surface area contributed by atoms with Gasteiger partial charge in [0.1, 0.15) is 10.3 Å². The predicted octanol–water partition coefficient (Wildman–Crippen LogP) is 3.73. The zero-order chi connectivity index (χ0) is 8.97. The monoisotopic (exact) mass is 203 g/mol. The van der Waals surface area contributed by atoms with Crippen molar-refractivity contribution in [3.05, 3.63) is 28.0 Å². The Hall–Kier alpha value is -0.270. The van der Waals surface area contributed by atoms with Gasteiger partial charge in [0, 0.05) is 0 Å². The van der Waals surface area contributed by atoms with Crippen molar-refractivity contribution in [2.45, 2.75) is 26.2 Å². The molecule has 0 radical (unpaired) electrons. The molecule has 0 bridgehead atoms. The van der Waals surface area contributed by atoms with E-state index < -0.39 is 0 Å². The maximum atomic E-state index is 5.87. The van der Waals surface area contributed by atoms with Crippen LogP contribution in [0.3, 0.4) is 0 Å². The molecule has 0 N–H and O–H groups in total. The number of aromatic nitrogens is 1. The van der Waals surface area contributed by atoms with Crippen molar-refractivity contribution in [2.75, 3.05) is 0 Å². The lowest BCUT2D eigenvalue weighted by atomic mass is 10.1. The summed E-state index contributed by atoms with van der Waals surface area (Å²) in [6.45, 7) is 2.15. The second-order valence-electron chi connectivity index (χ2n) is 2.69.